The number of carbonyl (C=O) groups excluding carboxylic acids is 3. The van der Waals surface area contributed by atoms with Crippen molar-refractivity contribution < 1.29 is 49.0 Å². The molecule has 0 unspecified atom stereocenters. The van der Waals surface area contributed by atoms with E-state index in [9.17, 15) is 19.5 Å². The van der Waals surface area contributed by atoms with Gasteiger partial charge in [-0.3, -0.25) is 14.6 Å². The molecule has 2 aliphatic rings. The van der Waals surface area contributed by atoms with Crippen molar-refractivity contribution >= 4 is 46.7 Å². The van der Waals surface area contributed by atoms with Crippen LogP contribution in [0.3, 0.4) is 0 Å². The van der Waals surface area contributed by atoms with Crippen LogP contribution >= 0.6 is 23.2 Å². The summed E-state index contributed by atoms with van der Waals surface area (Å²) in [6.45, 7) is 6.59. The first kappa shape index (κ1) is 32.6. The summed E-state index contributed by atoms with van der Waals surface area (Å²) in [6, 6.07) is 12.0. The molecule has 1 spiro atoms. The molecule has 0 radical (unpaired) electrons. The molecule has 208 valence electrons. The number of amides is 2. The molecule has 2 amide bonds. The van der Waals surface area contributed by atoms with E-state index in [0.29, 0.717) is 26.9 Å². The van der Waals surface area contributed by atoms with Crippen molar-refractivity contribution in [2.24, 2.45) is 10.4 Å². The van der Waals surface area contributed by atoms with Crippen LogP contribution in [0.15, 0.2) is 47.5 Å². The second-order valence-corrected chi connectivity index (χ2v) is 12.1. The van der Waals surface area contributed by atoms with E-state index in [1.807, 2.05) is 17.0 Å². The van der Waals surface area contributed by atoms with E-state index < -0.39 is 11.6 Å². The van der Waals surface area contributed by atoms with Crippen LogP contribution in [-0.4, -0.2) is 40.6 Å². The molecule has 1 fully saturated rings. The molecule has 1 saturated carbocycles. The van der Waals surface area contributed by atoms with Gasteiger partial charge in [0.05, 0.1) is 6.04 Å². The third-order valence-electron chi connectivity index (χ3n) is 7.78. The summed E-state index contributed by atoms with van der Waals surface area (Å²) in [5, 5.41) is 14.1. The first-order valence-corrected chi connectivity index (χ1v) is 14.2. The Morgan fingerprint density at radius 3 is 2.20 bits per heavy atom. The van der Waals surface area contributed by atoms with Crippen LogP contribution in [-0.2, 0) is 9.59 Å². The summed E-state index contributed by atoms with van der Waals surface area (Å²) in [5.41, 5.74) is 1.83. The second kappa shape index (κ2) is 13.4. The Hall–Kier alpha value is -1.90. The molecule has 1 atom stereocenters. The number of nitrogens with zero attached hydrogens (tertiary/aromatic N) is 2. The summed E-state index contributed by atoms with van der Waals surface area (Å²) >= 11 is 12.6. The number of benzene rings is 2. The number of hydrogen-bond acceptors (Lipinski definition) is 5. The van der Waals surface area contributed by atoms with Crippen LogP contribution in [0.2, 0.25) is 10.0 Å². The van der Waals surface area contributed by atoms with Crippen LogP contribution in [0.1, 0.15) is 93.2 Å². The quantitative estimate of drug-likeness (QED) is 0.451. The Balaban J connectivity index is 0.00000441. The van der Waals surface area contributed by atoms with Crippen molar-refractivity contribution in [2.75, 3.05) is 6.54 Å². The summed E-state index contributed by atoms with van der Waals surface area (Å²) in [6.07, 6.45) is 4.71. The number of nitrogens with one attached hydrogen (secondary N) is 1. The first-order chi connectivity index (χ1) is 18.4. The van der Waals surface area contributed by atoms with Crippen molar-refractivity contribution in [1.82, 2.24) is 10.2 Å². The summed E-state index contributed by atoms with van der Waals surface area (Å²) < 4.78 is 0. The van der Waals surface area contributed by atoms with Gasteiger partial charge in [0.2, 0.25) is 0 Å². The molecular formula is C30H34Cl2N3NaO4. The Kier molecular flexibility index (Phi) is 10.9. The monoisotopic (exact) mass is 593 g/mol. The van der Waals surface area contributed by atoms with Gasteiger partial charge in [0, 0.05) is 40.1 Å². The smallest absolute Gasteiger partial charge is 0.550 e. The number of aliphatic imine (C=N–C) groups is 1. The molecule has 2 aromatic rings. The van der Waals surface area contributed by atoms with Gasteiger partial charge in [-0.15, -0.1) is 0 Å². The Bertz CT molecular complexity index is 1270. The fraction of sp³-hybridized carbons (Fsp3) is 0.467. The van der Waals surface area contributed by atoms with E-state index >= 15 is 0 Å². The maximum absolute atomic E-state index is 14.2. The number of aliphatic carboxylic acids is 1. The number of rotatable bonds is 9. The molecule has 0 bridgehead atoms. The van der Waals surface area contributed by atoms with Gasteiger partial charge < -0.3 is 20.1 Å². The van der Waals surface area contributed by atoms with Gasteiger partial charge in [0.15, 0.2) is 0 Å². The standard InChI is InChI=1S/C30H35Cl2N3O4.Na/c1-4-5-24(19-6-8-20(9-7-19)27(38)33-15-10-25(36)37)35-28(39)26(21-16-22(31)18-23(32)17-21)34-30(35)13-11-29(2,3)12-14-30;/h6-9,16-18,24H,4-5,10-15H2,1-3H3,(H,33,38)(H,36,37);/q;+1/p-1/t24-;/m1./s1. The molecule has 40 heavy (non-hydrogen) atoms. The molecule has 1 heterocycles. The largest absolute Gasteiger partial charge is 1.00 e. The maximum Gasteiger partial charge on any atom is 1.00 e. The minimum absolute atomic E-state index is 0. The van der Waals surface area contributed by atoms with Crippen molar-refractivity contribution in [2.45, 2.75) is 77.4 Å². The number of carboxylic acid groups (broad SMARTS) is 1. The molecule has 0 aromatic heterocycles. The third kappa shape index (κ3) is 7.29. The Labute approximate surface area is 268 Å². The van der Waals surface area contributed by atoms with Gasteiger partial charge in [-0.1, -0.05) is 62.5 Å². The van der Waals surface area contributed by atoms with Crippen LogP contribution < -0.4 is 40.0 Å². The van der Waals surface area contributed by atoms with E-state index in [2.05, 4.69) is 26.1 Å². The molecular weight excluding hydrogens is 560 g/mol. The zero-order chi connectivity index (χ0) is 28.4. The predicted octanol–water partition coefficient (Wildman–Crippen LogP) is 2.34. The van der Waals surface area contributed by atoms with E-state index in [4.69, 9.17) is 28.2 Å². The van der Waals surface area contributed by atoms with Crippen LogP contribution in [0.25, 0.3) is 0 Å². The number of carbonyl (C=O) groups is 3. The zero-order valence-electron chi connectivity index (χ0n) is 23.6. The Morgan fingerprint density at radius 2 is 1.65 bits per heavy atom. The number of carboxylic acids is 1. The van der Waals surface area contributed by atoms with E-state index in [-0.39, 0.29) is 65.8 Å². The molecule has 10 heteroatoms. The van der Waals surface area contributed by atoms with Gasteiger partial charge in [-0.05, 0) is 73.4 Å². The molecule has 0 saturated heterocycles. The van der Waals surface area contributed by atoms with Crippen LogP contribution in [0.5, 0.6) is 0 Å². The SMILES string of the molecule is CCC[C@H](c1ccc(C(=O)NCCC(=O)[O-])cc1)N1C(=O)C(c2cc(Cl)cc(Cl)c2)=NC12CCC(C)(C)CC2.[Na+]. The zero-order valence-corrected chi connectivity index (χ0v) is 27.1. The first-order valence-electron chi connectivity index (χ1n) is 13.4. The third-order valence-corrected chi connectivity index (χ3v) is 8.21. The normalized spacial score (nSPS) is 18.2. The fourth-order valence-corrected chi connectivity index (χ4v) is 6.08. The summed E-state index contributed by atoms with van der Waals surface area (Å²) in [7, 11) is 0. The topological polar surface area (TPSA) is 102 Å². The van der Waals surface area contributed by atoms with E-state index in [1.165, 1.54) is 0 Å². The van der Waals surface area contributed by atoms with Crippen molar-refractivity contribution in [1.29, 1.82) is 0 Å². The minimum atomic E-state index is -1.22. The number of hydrogen-bond donors (Lipinski definition) is 1. The minimum Gasteiger partial charge on any atom is -0.550 e. The second-order valence-electron chi connectivity index (χ2n) is 11.2. The van der Waals surface area contributed by atoms with Gasteiger partial charge >= 0.3 is 29.6 Å². The van der Waals surface area contributed by atoms with Crippen molar-refractivity contribution in [3.05, 3.63) is 69.2 Å². The van der Waals surface area contributed by atoms with Gasteiger partial charge in [0.1, 0.15) is 11.4 Å². The molecule has 4 rings (SSSR count). The van der Waals surface area contributed by atoms with Crippen LogP contribution in [0.4, 0.5) is 0 Å². The van der Waals surface area contributed by atoms with Gasteiger partial charge in [0.25, 0.3) is 11.8 Å². The van der Waals surface area contributed by atoms with E-state index in [1.54, 1.807) is 30.3 Å². The molecule has 7 nitrogen and oxygen atoms in total. The van der Waals surface area contributed by atoms with E-state index in [0.717, 1.165) is 44.1 Å². The fourth-order valence-electron chi connectivity index (χ4n) is 5.56. The van der Waals surface area contributed by atoms with Crippen molar-refractivity contribution in [3.63, 3.8) is 0 Å². The van der Waals surface area contributed by atoms with Crippen molar-refractivity contribution in [3.8, 4) is 0 Å². The predicted molar refractivity (Wildman–Crippen MR) is 151 cm³/mol. The molecule has 2 aromatic carbocycles. The molecule has 1 aliphatic carbocycles. The summed E-state index contributed by atoms with van der Waals surface area (Å²) in [4.78, 5) is 44.4. The van der Waals surface area contributed by atoms with Crippen LogP contribution in [0, 0.1) is 5.41 Å². The average molecular weight is 595 g/mol. The maximum atomic E-state index is 14.2. The summed E-state index contributed by atoms with van der Waals surface area (Å²) in [5.74, 6) is -1.72. The average Bonchev–Trinajstić information content (AvgIpc) is 3.15. The van der Waals surface area contributed by atoms with Gasteiger partial charge in [-0.2, -0.15) is 0 Å². The Morgan fingerprint density at radius 1 is 1.05 bits per heavy atom. The van der Waals surface area contributed by atoms with Gasteiger partial charge in [-0.25, -0.2) is 0 Å². The number of halogens is 2. The molecule has 1 N–H and O–H groups in total. The molecule has 1 aliphatic heterocycles.